The lowest BCUT2D eigenvalue weighted by molar-refractivity contribution is -0.0589. The number of carbonyl (C=O) groups excluding carboxylic acids is 1. The quantitative estimate of drug-likeness (QED) is 0.135. The molecule has 0 N–H and O–H groups in total. The Morgan fingerprint density at radius 3 is 2.63 bits per heavy atom. The number of nitrogens with zero attached hydrogens (tertiary/aromatic N) is 4. The molecule has 0 spiro atoms. The number of pyridine rings is 1. The highest BCUT2D eigenvalue weighted by Crippen LogP contribution is 2.32. The highest BCUT2D eigenvalue weighted by molar-refractivity contribution is 7.20. The van der Waals surface area contributed by atoms with Gasteiger partial charge in [0.2, 0.25) is 5.88 Å². The molecule has 1 fully saturated rings. The second-order valence-corrected chi connectivity index (χ2v) is 10.9. The molecule has 0 radical (unpaired) electrons. The lowest BCUT2D eigenvalue weighted by Crippen LogP contribution is -2.31. The van der Waals surface area contributed by atoms with Crippen LogP contribution in [0.15, 0.2) is 54.6 Å². The van der Waals surface area contributed by atoms with E-state index in [0.717, 1.165) is 24.6 Å². The second kappa shape index (κ2) is 11.9. The number of thiophene rings is 1. The summed E-state index contributed by atoms with van der Waals surface area (Å²) in [6, 6.07) is 12.6. The Balaban J connectivity index is 1.24. The number of benzene rings is 2. The maximum atomic E-state index is 15.4. The zero-order chi connectivity index (χ0) is 30.1. The summed E-state index contributed by atoms with van der Waals surface area (Å²) in [5, 5.41) is 0. The monoisotopic (exact) mass is 604 g/mol. The van der Waals surface area contributed by atoms with E-state index < -0.39 is 23.4 Å². The minimum atomic E-state index is -0.683. The molecule has 1 aliphatic rings. The van der Waals surface area contributed by atoms with Crippen LogP contribution >= 0.6 is 11.3 Å². The van der Waals surface area contributed by atoms with Gasteiger partial charge in [-0.05, 0) is 42.3 Å². The molecule has 5 aromatic rings. The maximum absolute atomic E-state index is 15.4. The first-order valence-electron chi connectivity index (χ1n) is 13.3. The Labute approximate surface area is 248 Å². The summed E-state index contributed by atoms with van der Waals surface area (Å²) >= 11 is 1.17. The van der Waals surface area contributed by atoms with Crippen molar-refractivity contribution in [3.8, 4) is 17.1 Å². The molecular formula is C31H23F3N4O4S. The Kier molecular flexibility index (Phi) is 7.84. The Hall–Kier alpha value is -4.73. The Morgan fingerprint density at radius 2 is 1.91 bits per heavy atom. The van der Waals surface area contributed by atoms with Crippen LogP contribution in [0.5, 0.6) is 5.88 Å². The van der Waals surface area contributed by atoms with Crippen molar-refractivity contribution in [1.29, 1.82) is 0 Å². The number of esters is 1. The van der Waals surface area contributed by atoms with E-state index in [4.69, 9.17) is 20.8 Å². The molecule has 0 unspecified atom stereocenters. The number of aromatic nitrogens is 3. The summed E-state index contributed by atoms with van der Waals surface area (Å²) in [5.41, 5.74) is 1.29. The van der Waals surface area contributed by atoms with E-state index in [1.165, 1.54) is 42.7 Å². The second-order valence-electron chi connectivity index (χ2n) is 9.85. The standard InChI is InChI=1S/C31H23F3N4O4S/c1-35-19-7-6-17(22(32)12-19)16-42-29-5-3-4-25(36-29)21-13-23(33)18(10-24(21)34)11-28-37-30-26(14-27(43-30)31(39)40-2)38(28)15-20-8-9-41-20/h3-7,10,12-14,20H,8-9,11,15-16H2,2H3/t20-/m0/s1. The summed E-state index contributed by atoms with van der Waals surface area (Å²) in [7, 11) is 1.31. The van der Waals surface area contributed by atoms with Gasteiger partial charge in [0.15, 0.2) is 5.69 Å². The van der Waals surface area contributed by atoms with Gasteiger partial charge in [-0.2, -0.15) is 0 Å². The van der Waals surface area contributed by atoms with Crippen molar-refractivity contribution in [3.05, 3.63) is 105 Å². The molecule has 1 aliphatic heterocycles. The Morgan fingerprint density at radius 1 is 1.09 bits per heavy atom. The van der Waals surface area contributed by atoms with E-state index in [1.807, 2.05) is 4.57 Å². The molecular weight excluding hydrogens is 581 g/mol. The van der Waals surface area contributed by atoms with Gasteiger partial charge in [-0.25, -0.2) is 32.8 Å². The van der Waals surface area contributed by atoms with Gasteiger partial charge in [0.05, 0.1) is 37.5 Å². The van der Waals surface area contributed by atoms with E-state index in [9.17, 15) is 9.18 Å². The zero-order valence-electron chi connectivity index (χ0n) is 22.8. The van der Waals surface area contributed by atoms with Gasteiger partial charge in [0, 0.05) is 30.2 Å². The smallest absolute Gasteiger partial charge is 0.348 e. The van der Waals surface area contributed by atoms with Crippen LogP contribution in [0.1, 0.15) is 33.0 Å². The molecule has 2 aromatic carbocycles. The molecule has 0 amide bonds. The maximum Gasteiger partial charge on any atom is 0.348 e. The van der Waals surface area contributed by atoms with Crippen molar-refractivity contribution >= 4 is 33.3 Å². The lowest BCUT2D eigenvalue weighted by Gasteiger charge is -2.27. The predicted octanol–water partition coefficient (Wildman–Crippen LogP) is 6.87. The van der Waals surface area contributed by atoms with E-state index >= 15 is 8.78 Å². The average molecular weight is 605 g/mol. The molecule has 4 heterocycles. The number of methoxy groups -OCH3 is 1. The van der Waals surface area contributed by atoms with Crippen LogP contribution in [0.4, 0.5) is 18.9 Å². The van der Waals surface area contributed by atoms with Gasteiger partial charge >= 0.3 is 5.97 Å². The number of hydrogen-bond acceptors (Lipinski definition) is 7. The number of imidazole rings is 1. The number of hydrogen-bond donors (Lipinski definition) is 0. The third-order valence-electron chi connectivity index (χ3n) is 7.12. The first-order chi connectivity index (χ1) is 20.8. The molecule has 0 saturated carbocycles. The van der Waals surface area contributed by atoms with E-state index in [1.54, 1.807) is 12.1 Å². The van der Waals surface area contributed by atoms with Crippen LogP contribution < -0.4 is 4.74 Å². The number of halogens is 3. The fourth-order valence-electron chi connectivity index (χ4n) is 4.74. The summed E-state index contributed by atoms with van der Waals surface area (Å²) < 4.78 is 63.0. The minimum absolute atomic E-state index is 0.0130. The fourth-order valence-corrected chi connectivity index (χ4v) is 5.71. The summed E-state index contributed by atoms with van der Waals surface area (Å²) in [5.74, 6) is -1.76. The van der Waals surface area contributed by atoms with Crippen molar-refractivity contribution in [1.82, 2.24) is 14.5 Å². The summed E-state index contributed by atoms with van der Waals surface area (Å²) in [6.45, 7) is 7.94. The predicted molar refractivity (Wildman–Crippen MR) is 153 cm³/mol. The number of rotatable bonds is 9. The topological polar surface area (TPSA) is 79.8 Å². The molecule has 0 aliphatic carbocycles. The molecule has 1 atom stereocenters. The highest BCUT2D eigenvalue weighted by atomic mass is 32.1. The number of carbonyl (C=O) groups is 1. The van der Waals surface area contributed by atoms with Crippen LogP contribution in [0.25, 0.3) is 26.4 Å². The minimum Gasteiger partial charge on any atom is -0.473 e. The van der Waals surface area contributed by atoms with E-state index in [2.05, 4.69) is 14.8 Å². The first kappa shape index (κ1) is 28.4. The largest absolute Gasteiger partial charge is 0.473 e. The fraction of sp³-hybridized carbons (Fsp3) is 0.226. The van der Waals surface area contributed by atoms with Crippen molar-refractivity contribution in [2.45, 2.75) is 32.1 Å². The van der Waals surface area contributed by atoms with Gasteiger partial charge in [0.1, 0.15) is 39.6 Å². The molecule has 218 valence electrons. The highest BCUT2D eigenvalue weighted by Gasteiger charge is 2.25. The van der Waals surface area contributed by atoms with Crippen LogP contribution in [-0.4, -0.2) is 40.3 Å². The number of fused-ring (bicyclic) bond motifs is 1. The molecule has 43 heavy (non-hydrogen) atoms. The molecule has 1 saturated heterocycles. The van der Waals surface area contributed by atoms with Crippen molar-refractivity contribution < 1.29 is 32.2 Å². The first-order valence-corrected chi connectivity index (χ1v) is 14.1. The van der Waals surface area contributed by atoms with Crippen molar-refractivity contribution in [2.75, 3.05) is 13.7 Å². The molecule has 8 nitrogen and oxygen atoms in total. The van der Waals surface area contributed by atoms with Gasteiger partial charge in [-0.3, -0.25) is 0 Å². The molecule has 6 rings (SSSR count). The van der Waals surface area contributed by atoms with Crippen LogP contribution in [0, 0.1) is 24.0 Å². The van der Waals surface area contributed by atoms with Crippen LogP contribution in [0.2, 0.25) is 0 Å². The van der Waals surface area contributed by atoms with E-state index in [0.29, 0.717) is 34.2 Å². The van der Waals surface area contributed by atoms with Crippen LogP contribution in [-0.2, 0) is 29.0 Å². The molecule has 0 bridgehead atoms. The lowest BCUT2D eigenvalue weighted by atomic mass is 10.0. The summed E-state index contributed by atoms with van der Waals surface area (Å²) in [6.07, 6.45) is 0.847. The van der Waals surface area contributed by atoms with Gasteiger partial charge in [-0.1, -0.05) is 18.2 Å². The van der Waals surface area contributed by atoms with Gasteiger partial charge < -0.3 is 18.8 Å². The molecule has 12 heteroatoms. The van der Waals surface area contributed by atoms with Gasteiger partial charge in [0.25, 0.3) is 0 Å². The third-order valence-corrected chi connectivity index (χ3v) is 8.12. The average Bonchev–Trinajstić information content (AvgIpc) is 3.53. The SMILES string of the molecule is [C-]#[N+]c1ccc(COc2cccc(-c3cc(F)c(Cc4nc5sc(C(=O)OC)cc5n4C[C@@H]4CCO4)cc3F)n2)c(F)c1. The van der Waals surface area contributed by atoms with E-state index in [-0.39, 0.29) is 53.1 Å². The van der Waals surface area contributed by atoms with Gasteiger partial charge in [-0.15, -0.1) is 11.3 Å². The normalized spacial score (nSPS) is 14.3. The van der Waals surface area contributed by atoms with Crippen LogP contribution in [0.3, 0.4) is 0 Å². The third kappa shape index (κ3) is 5.82. The summed E-state index contributed by atoms with van der Waals surface area (Å²) in [4.78, 5) is 25.2. The Bertz CT molecular complexity index is 1890. The number of ether oxygens (including phenoxy) is 3. The zero-order valence-corrected chi connectivity index (χ0v) is 23.6. The van der Waals surface area contributed by atoms with Crippen molar-refractivity contribution in [2.24, 2.45) is 0 Å². The molecule has 3 aromatic heterocycles. The van der Waals surface area contributed by atoms with Crippen molar-refractivity contribution in [3.63, 3.8) is 0 Å².